The zero-order valence-electron chi connectivity index (χ0n) is 18.9. The summed E-state index contributed by atoms with van der Waals surface area (Å²) in [6.07, 6.45) is 9.19. The van der Waals surface area contributed by atoms with Crippen molar-refractivity contribution in [1.29, 1.82) is 0 Å². The topological polar surface area (TPSA) is 46.5 Å². The number of hydrogen-bond donors (Lipinski definition) is 1. The third kappa shape index (κ3) is 5.31. The fourth-order valence-electron chi connectivity index (χ4n) is 4.22. The number of hydrogen-bond acceptors (Lipinski definition) is 4. The molecule has 4 rings (SSSR count). The Kier molecular flexibility index (Phi) is 7.51. The Labute approximate surface area is 204 Å². The van der Waals surface area contributed by atoms with Gasteiger partial charge in [-0.15, -0.1) is 23.5 Å². The molecule has 0 bridgehead atoms. The fourth-order valence-corrected chi connectivity index (χ4v) is 6.22. The molecule has 1 aliphatic heterocycles. The summed E-state index contributed by atoms with van der Waals surface area (Å²) in [5, 5.41) is 9.16. The predicted molar refractivity (Wildman–Crippen MR) is 140 cm³/mol. The Morgan fingerprint density at radius 2 is 1.67 bits per heavy atom. The van der Waals surface area contributed by atoms with Crippen LogP contribution in [0.5, 0.6) is 5.75 Å². The van der Waals surface area contributed by atoms with Crippen LogP contribution in [0.2, 0.25) is 0 Å². The molecule has 3 aromatic rings. The molecule has 1 aliphatic rings. The van der Waals surface area contributed by atoms with Crippen molar-refractivity contribution in [3.05, 3.63) is 107 Å². The summed E-state index contributed by atoms with van der Waals surface area (Å²) in [7, 11) is 0. The lowest BCUT2D eigenvalue weighted by molar-refractivity contribution is 0.0697. The van der Waals surface area contributed by atoms with Crippen LogP contribution in [0.4, 0.5) is 0 Å². The molecule has 0 saturated heterocycles. The molecule has 1 N–H and O–H groups in total. The Bertz CT molecular complexity index is 1130. The Morgan fingerprint density at radius 3 is 2.33 bits per heavy atom. The van der Waals surface area contributed by atoms with Crippen molar-refractivity contribution < 1.29 is 14.6 Å². The van der Waals surface area contributed by atoms with Gasteiger partial charge in [-0.2, -0.15) is 0 Å². The molecule has 0 atom stereocenters. The van der Waals surface area contributed by atoms with Gasteiger partial charge in [-0.05, 0) is 71.9 Å². The van der Waals surface area contributed by atoms with E-state index in [4.69, 9.17) is 9.84 Å². The minimum absolute atomic E-state index is 0.00805. The first kappa shape index (κ1) is 23.5. The van der Waals surface area contributed by atoms with Crippen LogP contribution in [0.1, 0.15) is 39.0 Å². The summed E-state index contributed by atoms with van der Waals surface area (Å²) in [4.78, 5) is 11.2. The lowest BCUT2D eigenvalue weighted by Crippen LogP contribution is -2.26. The molecule has 0 radical (unpaired) electrons. The van der Waals surface area contributed by atoms with E-state index in [2.05, 4.69) is 61.1 Å². The van der Waals surface area contributed by atoms with Gasteiger partial charge in [0.05, 0.1) is 16.2 Å². The summed E-state index contributed by atoms with van der Waals surface area (Å²) in [5.41, 5.74) is 6.39. The van der Waals surface area contributed by atoms with Crippen LogP contribution < -0.4 is 4.74 Å². The molecule has 0 fully saturated rings. The molecule has 1 heterocycles. The molecule has 0 aliphatic carbocycles. The van der Waals surface area contributed by atoms with E-state index in [1.54, 1.807) is 12.1 Å². The first-order valence-corrected chi connectivity index (χ1v) is 13.4. The zero-order chi connectivity index (χ0) is 23.3. The smallest absolute Gasteiger partial charge is 0.335 e. The van der Waals surface area contributed by atoms with Crippen molar-refractivity contribution in [1.82, 2.24) is 0 Å². The maximum atomic E-state index is 11.2. The molecule has 5 heteroatoms. The van der Waals surface area contributed by atoms with Gasteiger partial charge in [0.2, 0.25) is 0 Å². The zero-order valence-corrected chi connectivity index (χ0v) is 20.5. The Balaban J connectivity index is 1.70. The van der Waals surface area contributed by atoms with E-state index in [1.165, 1.54) is 22.3 Å². The third-order valence-corrected chi connectivity index (χ3v) is 9.30. The fraction of sp³-hybridized carbons (Fsp3) is 0.250. The number of carboxylic acid groups (broad SMARTS) is 1. The standard InChI is InChI=1S/C28H28O3S2/c1-32-28(33-2)16-17-31-26-15-14-24(19-25(26)28)23(18-21-6-4-3-5-7-21)13-10-20-8-11-22(12-9-20)27(29)30/h3-9,11-15,19H,10,16-18H2,1-2H3,(H,29,30)/b23-13-. The molecule has 3 aromatic carbocycles. The largest absolute Gasteiger partial charge is 0.493 e. The summed E-state index contributed by atoms with van der Waals surface area (Å²) in [5.74, 6) is 0.0845. The predicted octanol–water partition coefficient (Wildman–Crippen LogP) is 6.91. The van der Waals surface area contributed by atoms with Gasteiger partial charge in [0, 0.05) is 12.0 Å². The maximum Gasteiger partial charge on any atom is 0.335 e. The van der Waals surface area contributed by atoms with Crippen molar-refractivity contribution in [3.63, 3.8) is 0 Å². The highest BCUT2D eigenvalue weighted by molar-refractivity contribution is 8.16. The Morgan fingerprint density at radius 1 is 0.970 bits per heavy atom. The highest BCUT2D eigenvalue weighted by Crippen LogP contribution is 2.53. The van der Waals surface area contributed by atoms with Gasteiger partial charge < -0.3 is 9.84 Å². The number of aromatic carboxylic acids is 1. The summed E-state index contributed by atoms with van der Waals surface area (Å²) in [6.45, 7) is 0.743. The van der Waals surface area contributed by atoms with E-state index >= 15 is 0 Å². The summed E-state index contributed by atoms with van der Waals surface area (Å²) in [6, 6.07) is 24.2. The number of rotatable bonds is 8. The van der Waals surface area contributed by atoms with Crippen LogP contribution in [-0.2, 0) is 16.9 Å². The number of carbonyl (C=O) groups is 1. The van der Waals surface area contributed by atoms with Crippen LogP contribution in [0.3, 0.4) is 0 Å². The van der Waals surface area contributed by atoms with Crippen LogP contribution in [0, 0.1) is 0 Å². The highest BCUT2D eigenvalue weighted by Gasteiger charge is 2.36. The number of allylic oxidation sites excluding steroid dienone is 2. The van der Waals surface area contributed by atoms with Crippen molar-refractivity contribution in [2.24, 2.45) is 0 Å². The van der Waals surface area contributed by atoms with Gasteiger partial charge in [-0.1, -0.05) is 54.6 Å². The second-order valence-corrected chi connectivity index (χ2v) is 10.5. The van der Waals surface area contributed by atoms with Gasteiger partial charge in [-0.25, -0.2) is 4.79 Å². The van der Waals surface area contributed by atoms with Crippen molar-refractivity contribution >= 4 is 35.1 Å². The lowest BCUT2D eigenvalue weighted by atomic mass is 9.93. The molecule has 3 nitrogen and oxygen atoms in total. The van der Waals surface area contributed by atoms with Crippen LogP contribution in [-0.4, -0.2) is 30.2 Å². The second-order valence-electron chi connectivity index (χ2n) is 8.07. The van der Waals surface area contributed by atoms with E-state index in [0.717, 1.165) is 37.2 Å². The summed E-state index contributed by atoms with van der Waals surface area (Å²) >= 11 is 3.78. The molecule has 0 saturated carbocycles. The highest BCUT2D eigenvalue weighted by atomic mass is 32.2. The second kappa shape index (κ2) is 10.5. The number of thioether (sulfide) groups is 2. The SMILES string of the molecule is CSC1(SC)CCOc2ccc(/C(=C\Cc3ccc(C(=O)O)cc3)Cc3ccccc3)cc21. The van der Waals surface area contributed by atoms with Crippen molar-refractivity contribution in [2.45, 2.75) is 23.3 Å². The average molecular weight is 477 g/mol. The maximum absolute atomic E-state index is 11.2. The van der Waals surface area contributed by atoms with Gasteiger partial charge in [-0.3, -0.25) is 0 Å². The van der Waals surface area contributed by atoms with Gasteiger partial charge in [0.15, 0.2) is 0 Å². The molecule has 0 aromatic heterocycles. The van der Waals surface area contributed by atoms with Crippen LogP contribution >= 0.6 is 23.5 Å². The van der Waals surface area contributed by atoms with Crippen molar-refractivity contribution in [2.75, 3.05) is 19.1 Å². The molecule has 0 amide bonds. The van der Waals surface area contributed by atoms with Gasteiger partial charge in [0.1, 0.15) is 5.75 Å². The summed E-state index contributed by atoms with van der Waals surface area (Å²) < 4.78 is 6.01. The minimum atomic E-state index is -0.899. The molecule has 170 valence electrons. The van der Waals surface area contributed by atoms with Gasteiger partial charge in [0.25, 0.3) is 0 Å². The molecule has 33 heavy (non-hydrogen) atoms. The number of carboxylic acids is 1. The van der Waals surface area contributed by atoms with Crippen LogP contribution in [0.15, 0.2) is 78.9 Å². The lowest BCUT2D eigenvalue weighted by Gasteiger charge is -2.36. The third-order valence-electron chi connectivity index (χ3n) is 6.13. The first-order chi connectivity index (χ1) is 16.0. The van der Waals surface area contributed by atoms with E-state index in [-0.39, 0.29) is 4.08 Å². The van der Waals surface area contributed by atoms with E-state index in [0.29, 0.717) is 5.56 Å². The van der Waals surface area contributed by atoms with E-state index < -0.39 is 5.97 Å². The van der Waals surface area contributed by atoms with E-state index in [1.807, 2.05) is 41.7 Å². The normalized spacial score (nSPS) is 14.9. The number of benzene rings is 3. The first-order valence-electron chi connectivity index (χ1n) is 11.0. The van der Waals surface area contributed by atoms with Crippen LogP contribution in [0.25, 0.3) is 5.57 Å². The minimum Gasteiger partial charge on any atom is -0.493 e. The monoisotopic (exact) mass is 476 g/mol. The van der Waals surface area contributed by atoms with Crippen molar-refractivity contribution in [3.8, 4) is 5.75 Å². The number of ether oxygens (including phenoxy) is 1. The molecular weight excluding hydrogens is 448 g/mol. The quantitative estimate of drug-likeness (QED) is 0.358. The molecule has 0 spiro atoms. The Hall–Kier alpha value is -2.63. The molecule has 0 unspecified atom stereocenters. The molecular formula is C28H28O3S2. The average Bonchev–Trinajstić information content (AvgIpc) is 2.86. The van der Waals surface area contributed by atoms with Gasteiger partial charge >= 0.3 is 5.97 Å². The van der Waals surface area contributed by atoms with E-state index in [9.17, 15) is 4.79 Å². The number of fused-ring (bicyclic) bond motifs is 1.